The van der Waals surface area contributed by atoms with E-state index in [0.29, 0.717) is 12.1 Å². The highest BCUT2D eigenvalue weighted by atomic mass is 79.9. The second-order valence-electron chi connectivity index (χ2n) is 4.87. The van der Waals surface area contributed by atoms with Crippen molar-refractivity contribution in [2.75, 3.05) is 12.4 Å². The van der Waals surface area contributed by atoms with Crippen molar-refractivity contribution in [2.45, 2.75) is 44.8 Å². The van der Waals surface area contributed by atoms with E-state index in [0.717, 1.165) is 4.47 Å². The van der Waals surface area contributed by atoms with E-state index in [-0.39, 0.29) is 0 Å². The van der Waals surface area contributed by atoms with E-state index in [9.17, 15) is 0 Å². The third kappa shape index (κ3) is 3.71. The van der Waals surface area contributed by atoms with Gasteiger partial charge in [0.2, 0.25) is 0 Å². The summed E-state index contributed by atoms with van der Waals surface area (Å²) in [5, 5.41) is 3.62. The molecular weight excluding hydrogens is 278 g/mol. The molecule has 0 atom stereocenters. The van der Waals surface area contributed by atoms with Crippen LogP contribution in [0.4, 0.5) is 5.69 Å². The van der Waals surface area contributed by atoms with Crippen LogP contribution in [0.5, 0.6) is 0 Å². The molecule has 0 heterocycles. The van der Waals surface area contributed by atoms with Gasteiger partial charge in [0.25, 0.3) is 0 Å². The van der Waals surface area contributed by atoms with Crippen molar-refractivity contribution < 1.29 is 4.74 Å². The van der Waals surface area contributed by atoms with Gasteiger partial charge in [-0.05, 0) is 56.4 Å². The zero-order valence-corrected chi connectivity index (χ0v) is 12.1. The molecule has 1 aromatic carbocycles. The molecule has 0 amide bonds. The number of hydrogen-bond donors (Lipinski definition) is 1. The van der Waals surface area contributed by atoms with Gasteiger partial charge >= 0.3 is 0 Å². The van der Waals surface area contributed by atoms with Gasteiger partial charge in [0.05, 0.1) is 6.10 Å². The summed E-state index contributed by atoms with van der Waals surface area (Å²) in [7, 11) is 1.82. The molecule has 0 spiro atoms. The predicted molar refractivity (Wildman–Crippen MR) is 75.6 cm³/mol. The average Bonchev–Trinajstić information content (AvgIpc) is 2.28. The maximum Gasteiger partial charge on any atom is 0.0572 e. The lowest BCUT2D eigenvalue weighted by Crippen LogP contribution is -2.29. The van der Waals surface area contributed by atoms with E-state index in [1.54, 1.807) is 0 Å². The van der Waals surface area contributed by atoms with Gasteiger partial charge in [-0.3, -0.25) is 0 Å². The minimum absolute atomic E-state index is 0.470. The molecule has 17 heavy (non-hydrogen) atoms. The second kappa shape index (κ2) is 5.87. The van der Waals surface area contributed by atoms with Crippen LogP contribution in [0.2, 0.25) is 0 Å². The van der Waals surface area contributed by atoms with Crippen LogP contribution in [0, 0.1) is 6.92 Å². The molecule has 0 unspecified atom stereocenters. The number of anilines is 1. The molecule has 0 aliphatic heterocycles. The molecule has 1 aromatic rings. The lowest BCUT2D eigenvalue weighted by molar-refractivity contribution is 0.0682. The zero-order chi connectivity index (χ0) is 12.3. The van der Waals surface area contributed by atoms with Crippen LogP contribution < -0.4 is 5.32 Å². The molecular formula is C14H20BrNO. The van der Waals surface area contributed by atoms with Gasteiger partial charge in [0.15, 0.2) is 0 Å². The molecule has 0 saturated heterocycles. The first-order valence-corrected chi connectivity index (χ1v) is 7.03. The van der Waals surface area contributed by atoms with E-state index in [1.807, 2.05) is 7.11 Å². The quantitative estimate of drug-likeness (QED) is 0.906. The van der Waals surface area contributed by atoms with E-state index >= 15 is 0 Å². The SMILES string of the molecule is COC1CCC(Nc2cc(C)cc(Br)c2)CC1. The van der Waals surface area contributed by atoms with Gasteiger partial charge in [-0.25, -0.2) is 0 Å². The molecule has 0 aromatic heterocycles. The number of rotatable bonds is 3. The summed E-state index contributed by atoms with van der Waals surface area (Å²) < 4.78 is 6.54. The highest BCUT2D eigenvalue weighted by Gasteiger charge is 2.20. The lowest BCUT2D eigenvalue weighted by Gasteiger charge is -2.29. The van der Waals surface area contributed by atoms with Crippen LogP contribution >= 0.6 is 15.9 Å². The van der Waals surface area contributed by atoms with Gasteiger partial charge in [-0.1, -0.05) is 15.9 Å². The first kappa shape index (κ1) is 12.9. The van der Waals surface area contributed by atoms with E-state index in [2.05, 4.69) is 46.4 Å². The van der Waals surface area contributed by atoms with E-state index in [4.69, 9.17) is 4.74 Å². The molecule has 1 saturated carbocycles. The molecule has 0 bridgehead atoms. The number of hydrogen-bond acceptors (Lipinski definition) is 2. The topological polar surface area (TPSA) is 21.3 Å². The molecule has 0 radical (unpaired) electrons. The fraction of sp³-hybridized carbons (Fsp3) is 0.571. The molecule has 1 aliphatic rings. The zero-order valence-electron chi connectivity index (χ0n) is 10.5. The van der Waals surface area contributed by atoms with E-state index in [1.165, 1.54) is 36.9 Å². The molecule has 3 heteroatoms. The van der Waals surface area contributed by atoms with Crippen LogP contribution in [0.15, 0.2) is 22.7 Å². The molecule has 2 rings (SSSR count). The fourth-order valence-electron chi connectivity index (χ4n) is 2.50. The number of ether oxygens (including phenoxy) is 1. The predicted octanol–water partition coefficient (Wildman–Crippen LogP) is 4.13. The van der Waals surface area contributed by atoms with Crippen LogP contribution in [-0.2, 0) is 4.74 Å². The Labute approximate surface area is 112 Å². The van der Waals surface area contributed by atoms with Crippen LogP contribution in [0.25, 0.3) is 0 Å². The van der Waals surface area contributed by atoms with Crippen molar-refractivity contribution in [3.8, 4) is 0 Å². The maximum atomic E-state index is 5.39. The second-order valence-corrected chi connectivity index (χ2v) is 5.79. The number of methoxy groups -OCH3 is 1. The Morgan fingerprint density at radius 3 is 2.47 bits per heavy atom. The van der Waals surface area contributed by atoms with Gasteiger partial charge in [-0.2, -0.15) is 0 Å². The first-order valence-electron chi connectivity index (χ1n) is 6.24. The summed E-state index contributed by atoms with van der Waals surface area (Å²) in [4.78, 5) is 0. The minimum atomic E-state index is 0.470. The Morgan fingerprint density at radius 2 is 1.88 bits per heavy atom. The molecule has 94 valence electrons. The monoisotopic (exact) mass is 297 g/mol. The first-order chi connectivity index (χ1) is 8.17. The Hall–Kier alpha value is -0.540. The van der Waals surface area contributed by atoms with Crippen molar-refractivity contribution in [3.63, 3.8) is 0 Å². The van der Waals surface area contributed by atoms with Gasteiger partial charge < -0.3 is 10.1 Å². The standard InChI is InChI=1S/C14H20BrNO/c1-10-7-11(15)9-13(8-10)16-12-3-5-14(17-2)6-4-12/h7-9,12,14,16H,3-6H2,1-2H3. The van der Waals surface area contributed by atoms with Crippen molar-refractivity contribution in [1.29, 1.82) is 0 Å². The lowest BCUT2D eigenvalue weighted by atomic mass is 9.93. The van der Waals surface area contributed by atoms with Gasteiger partial charge in [0.1, 0.15) is 0 Å². The van der Waals surface area contributed by atoms with Crippen LogP contribution in [0.1, 0.15) is 31.2 Å². The minimum Gasteiger partial charge on any atom is -0.382 e. The van der Waals surface area contributed by atoms with Crippen LogP contribution in [0.3, 0.4) is 0 Å². The fourth-order valence-corrected chi connectivity index (χ4v) is 3.11. The summed E-state index contributed by atoms with van der Waals surface area (Å²) in [6.45, 7) is 2.12. The largest absolute Gasteiger partial charge is 0.382 e. The molecule has 1 fully saturated rings. The maximum absolute atomic E-state index is 5.39. The van der Waals surface area contributed by atoms with E-state index < -0.39 is 0 Å². The molecule has 2 nitrogen and oxygen atoms in total. The third-order valence-corrected chi connectivity index (χ3v) is 3.88. The molecule has 1 aliphatic carbocycles. The van der Waals surface area contributed by atoms with Gasteiger partial charge in [-0.15, -0.1) is 0 Å². The highest BCUT2D eigenvalue weighted by molar-refractivity contribution is 9.10. The Kier molecular flexibility index (Phi) is 4.46. The summed E-state index contributed by atoms with van der Waals surface area (Å²) in [6, 6.07) is 7.07. The number of halogens is 1. The Balaban J connectivity index is 1.93. The third-order valence-electron chi connectivity index (χ3n) is 3.42. The van der Waals surface area contributed by atoms with Gasteiger partial charge in [0, 0.05) is 23.3 Å². The Morgan fingerprint density at radius 1 is 1.18 bits per heavy atom. The van der Waals surface area contributed by atoms with Crippen LogP contribution in [-0.4, -0.2) is 19.3 Å². The van der Waals surface area contributed by atoms with Crippen molar-refractivity contribution in [1.82, 2.24) is 0 Å². The summed E-state index contributed by atoms with van der Waals surface area (Å²) in [5.74, 6) is 0. The number of aryl methyl sites for hydroxylation is 1. The highest BCUT2D eigenvalue weighted by Crippen LogP contribution is 2.25. The summed E-state index contributed by atoms with van der Waals surface area (Å²) >= 11 is 3.54. The summed E-state index contributed by atoms with van der Waals surface area (Å²) in [5.41, 5.74) is 2.50. The number of nitrogens with one attached hydrogen (secondary N) is 1. The average molecular weight is 298 g/mol. The van der Waals surface area contributed by atoms with Crippen molar-refractivity contribution >= 4 is 21.6 Å². The summed E-state index contributed by atoms with van der Waals surface area (Å²) in [6.07, 6.45) is 5.20. The normalized spacial score (nSPS) is 24.6. The Bertz CT molecular complexity index is 352. The van der Waals surface area contributed by atoms with Crippen molar-refractivity contribution in [2.24, 2.45) is 0 Å². The smallest absolute Gasteiger partial charge is 0.0572 e. The van der Waals surface area contributed by atoms with Crippen molar-refractivity contribution in [3.05, 3.63) is 28.2 Å². The number of benzene rings is 1. The molecule has 1 N–H and O–H groups in total.